The van der Waals surface area contributed by atoms with E-state index < -0.39 is 6.03 Å². The lowest BCUT2D eigenvalue weighted by atomic mass is 9.97. The molecule has 3 N–H and O–H groups in total. The first-order valence-corrected chi connectivity index (χ1v) is 4.74. The summed E-state index contributed by atoms with van der Waals surface area (Å²) in [6.07, 6.45) is 1.29. The van der Waals surface area contributed by atoms with E-state index in [0.717, 1.165) is 11.8 Å². The van der Waals surface area contributed by atoms with E-state index >= 15 is 0 Å². The number of primary amides is 1. The first-order chi connectivity index (χ1) is 7.15. The van der Waals surface area contributed by atoms with Crippen LogP contribution in [0.2, 0.25) is 0 Å². The molecule has 1 aromatic carbocycles. The van der Waals surface area contributed by atoms with Crippen LogP contribution in [-0.2, 0) is 4.79 Å². The quantitative estimate of drug-likeness (QED) is 0.738. The minimum Gasteiger partial charge on any atom is -0.351 e. The Kier molecular flexibility index (Phi) is 3.85. The fraction of sp³-hybridized carbons (Fsp3) is 0.273. The summed E-state index contributed by atoms with van der Waals surface area (Å²) in [5.41, 5.74) is 6.63. The SMILES string of the molecule is CC(CC=O)c1ccccc1NC(N)=O. The van der Waals surface area contributed by atoms with Crippen LogP contribution in [0.4, 0.5) is 10.5 Å². The monoisotopic (exact) mass is 206 g/mol. The van der Waals surface area contributed by atoms with Gasteiger partial charge in [-0.3, -0.25) is 0 Å². The van der Waals surface area contributed by atoms with Crippen molar-refractivity contribution >= 4 is 18.0 Å². The maximum atomic E-state index is 10.7. The van der Waals surface area contributed by atoms with Gasteiger partial charge in [0.1, 0.15) is 6.29 Å². The third-order valence-corrected chi connectivity index (χ3v) is 2.20. The first-order valence-electron chi connectivity index (χ1n) is 4.74. The van der Waals surface area contributed by atoms with Crippen LogP contribution in [-0.4, -0.2) is 12.3 Å². The van der Waals surface area contributed by atoms with Crippen LogP contribution >= 0.6 is 0 Å². The third kappa shape index (κ3) is 3.09. The number of hydrogen-bond donors (Lipinski definition) is 2. The second kappa shape index (κ2) is 5.14. The number of rotatable bonds is 4. The summed E-state index contributed by atoms with van der Waals surface area (Å²) < 4.78 is 0. The number of nitrogens with two attached hydrogens (primary N) is 1. The Balaban J connectivity index is 2.94. The molecule has 1 rings (SSSR count). The summed E-state index contributed by atoms with van der Waals surface area (Å²) in [5.74, 6) is 0.0746. The normalized spacial score (nSPS) is 11.8. The van der Waals surface area contributed by atoms with E-state index in [2.05, 4.69) is 5.32 Å². The van der Waals surface area contributed by atoms with Crippen molar-refractivity contribution in [2.75, 3.05) is 5.32 Å². The van der Waals surface area contributed by atoms with Gasteiger partial charge in [-0.05, 0) is 17.5 Å². The lowest BCUT2D eigenvalue weighted by Gasteiger charge is -2.13. The highest BCUT2D eigenvalue weighted by molar-refractivity contribution is 5.88. The zero-order valence-electron chi connectivity index (χ0n) is 8.57. The molecule has 0 bridgehead atoms. The van der Waals surface area contributed by atoms with Crippen LogP contribution in [0.25, 0.3) is 0 Å². The largest absolute Gasteiger partial charge is 0.351 e. The van der Waals surface area contributed by atoms with Gasteiger partial charge in [-0.1, -0.05) is 25.1 Å². The van der Waals surface area contributed by atoms with Gasteiger partial charge in [0.2, 0.25) is 0 Å². The van der Waals surface area contributed by atoms with Gasteiger partial charge in [0.15, 0.2) is 0 Å². The molecule has 0 aliphatic heterocycles. The first kappa shape index (κ1) is 11.2. The zero-order chi connectivity index (χ0) is 11.3. The molecule has 0 aromatic heterocycles. The Hall–Kier alpha value is -1.84. The molecule has 0 saturated heterocycles. The predicted octanol–water partition coefficient (Wildman–Crippen LogP) is 1.87. The van der Waals surface area contributed by atoms with Gasteiger partial charge < -0.3 is 15.8 Å². The van der Waals surface area contributed by atoms with Crippen molar-refractivity contribution in [2.45, 2.75) is 19.3 Å². The molecule has 1 aromatic rings. The van der Waals surface area contributed by atoms with Crippen LogP contribution in [0, 0.1) is 0 Å². The second-order valence-electron chi connectivity index (χ2n) is 3.38. The number of carbonyl (C=O) groups is 2. The van der Waals surface area contributed by atoms with E-state index in [0.29, 0.717) is 12.1 Å². The molecule has 1 unspecified atom stereocenters. The number of carbonyl (C=O) groups excluding carboxylic acids is 2. The maximum absolute atomic E-state index is 10.7. The number of para-hydroxylation sites is 1. The minimum atomic E-state index is -0.597. The average Bonchev–Trinajstić information content (AvgIpc) is 2.18. The van der Waals surface area contributed by atoms with Gasteiger partial charge in [-0.15, -0.1) is 0 Å². The smallest absolute Gasteiger partial charge is 0.316 e. The zero-order valence-corrected chi connectivity index (χ0v) is 8.57. The Morgan fingerprint density at radius 3 is 2.80 bits per heavy atom. The highest BCUT2D eigenvalue weighted by atomic mass is 16.2. The molecule has 1 atom stereocenters. The summed E-state index contributed by atoms with van der Waals surface area (Å²) in [6.45, 7) is 1.93. The molecule has 2 amide bonds. The molecule has 15 heavy (non-hydrogen) atoms. The fourth-order valence-electron chi connectivity index (χ4n) is 1.44. The average molecular weight is 206 g/mol. The van der Waals surface area contributed by atoms with Crippen LogP contribution in [0.3, 0.4) is 0 Å². The van der Waals surface area contributed by atoms with Crippen molar-refractivity contribution in [3.63, 3.8) is 0 Å². The Labute approximate surface area is 88.5 Å². The number of urea groups is 1. The Morgan fingerprint density at radius 2 is 2.20 bits per heavy atom. The molecule has 4 nitrogen and oxygen atoms in total. The molecule has 0 fully saturated rings. The van der Waals surface area contributed by atoms with Gasteiger partial charge in [-0.25, -0.2) is 4.79 Å². The fourth-order valence-corrected chi connectivity index (χ4v) is 1.44. The molecular formula is C11H14N2O2. The third-order valence-electron chi connectivity index (χ3n) is 2.20. The Bertz CT molecular complexity index is 363. The number of hydrogen-bond acceptors (Lipinski definition) is 2. The van der Waals surface area contributed by atoms with Gasteiger partial charge >= 0.3 is 6.03 Å². The molecule has 0 radical (unpaired) electrons. The van der Waals surface area contributed by atoms with Crippen LogP contribution in [0.1, 0.15) is 24.8 Å². The molecule has 0 saturated carbocycles. The molecule has 0 heterocycles. The van der Waals surface area contributed by atoms with Crippen molar-refractivity contribution in [3.05, 3.63) is 29.8 Å². The second-order valence-corrected chi connectivity index (χ2v) is 3.38. The van der Waals surface area contributed by atoms with E-state index in [9.17, 15) is 9.59 Å². The van der Waals surface area contributed by atoms with Crippen LogP contribution in [0.5, 0.6) is 0 Å². The van der Waals surface area contributed by atoms with E-state index in [1.165, 1.54) is 0 Å². The van der Waals surface area contributed by atoms with E-state index in [4.69, 9.17) is 5.73 Å². The molecule has 4 heteroatoms. The molecule has 80 valence electrons. The number of anilines is 1. The number of nitrogens with one attached hydrogen (secondary N) is 1. The summed E-state index contributed by atoms with van der Waals surface area (Å²) in [7, 11) is 0. The van der Waals surface area contributed by atoms with Gasteiger partial charge in [-0.2, -0.15) is 0 Å². The Morgan fingerprint density at radius 1 is 1.53 bits per heavy atom. The summed E-state index contributed by atoms with van der Waals surface area (Å²) in [6, 6.07) is 6.72. The van der Waals surface area contributed by atoms with E-state index in [-0.39, 0.29) is 5.92 Å². The lowest BCUT2D eigenvalue weighted by Crippen LogP contribution is -2.20. The summed E-state index contributed by atoms with van der Waals surface area (Å²) >= 11 is 0. The van der Waals surface area contributed by atoms with Gasteiger partial charge in [0.25, 0.3) is 0 Å². The number of benzene rings is 1. The number of aldehydes is 1. The van der Waals surface area contributed by atoms with E-state index in [1.807, 2.05) is 25.1 Å². The summed E-state index contributed by atoms with van der Waals surface area (Å²) in [4.78, 5) is 21.2. The minimum absolute atomic E-state index is 0.0746. The predicted molar refractivity (Wildman–Crippen MR) is 58.7 cm³/mol. The topological polar surface area (TPSA) is 72.2 Å². The number of amides is 2. The molecule has 0 spiro atoms. The van der Waals surface area contributed by atoms with Crippen molar-refractivity contribution in [1.29, 1.82) is 0 Å². The molecule has 0 aliphatic rings. The lowest BCUT2D eigenvalue weighted by molar-refractivity contribution is -0.108. The van der Waals surface area contributed by atoms with Crippen LogP contribution < -0.4 is 11.1 Å². The van der Waals surface area contributed by atoms with E-state index in [1.54, 1.807) is 6.07 Å². The van der Waals surface area contributed by atoms with Gasteiger partial charge in [0.05, 0.1) is 0 Å². The highest BCUT2D eigenvalue weighted by Crippen LogP contribution is 2.25. The van der Waals surface area contributed by atoms with Crippen molar-refractivity contribution in [1.82, 2.24) is 0 Å². The maximum Gasteiger partial charge on any atom is 0.316 e. The van der Waals surface area contributed by atoms with Crippen molar-refractivity contribution in [2.24, 2.45) is 5.73 Å². The molecule has 0 aliphatic carbocycles. The van der Waals surface area contributed by atoms with Crippen molar-refractivity contribution in [3.8, 4) is 0 Å². The van der Waals surface area contributed by atoms with Crippen molar-refractivity contribution < 1.29 is 9.59 Å². The highest BCUT2D eigenvalue weighted by Gasteiger charge is 2.10. The van der Waals surface area contributed by atoms with Crippen LogP contribution in [0.15, 0.2) is 24.3 Å². The van der Waals surface area contributed by atoms with Gasteiger partial charge in [0, 0.05) is 12.1 Å². The molecular weight excluding hydrogens is 192 g/mol. The standard InChI is InChI=1S/C11H14N2O2/c1-8(6-7-14)9-4-2-3-5-10(9)13-11(12)15/h2-5,7-8H,6H2,1H3,(H3,12,13,15). The summed E-state index contributed by atoms with van der Waals surface area (Å²) in [5, 5.41) is 2.54.